The van der Waals surface area contributed by atoms with Crippen molar-refractivity contribution < 1.29 is 0 Å². The smallest absolute Gasteiger partial charge is 0.00391 e. The van der Waals surface area contributed by atoms with Crippen LogP contribution in [-0.4, -0.2) is 0 Å². The molecular weight excluding hydrogens is 204 g/mol. The summed E-state index contributed by atoms with van der Waals surface area (Å²) in [6, 6.07) is 9.17. The first-order valence-corrected chi connectivity index (χ1v) is 7.12. The van der Waals surface area contributed by atoms with Gasteiger partial charge in [-0.1, -0.05) is 51.5 Å². The van der Waals surface area contributed by atoms with Crippen LogP contribution in [0.2, 0.25) is 0 Å². The first kappa shape index (κ1) is 11.3. The number of hydrogen-bond acceptors (Lipinski definition) is 0. The van der Waals surface area contributed by atoms with E-state index < -0.39 is 0 Å². The van der Waals surface area contributed by atoms with E-state index >= 15 is 0 Å². The van der Waals surface area contributed by atoms with Gasteiger partial charge in [0.1, 0.15) is 0 Å². The van der Waals surface area contributed by atoms with E-state index in [1.54, 1.807) is 11.1 Å². The highest BCUT2D eigenvalue weighted by Crippen LogP contribution is 2.56. The van der Waals surface area contributed by atoms with Gasteiger partial charge >= 0.3 is 0 Å². The van der Waals surface area contributed by atoms with Crippen LogP contribution < -0.4 is 0 Å². The summed E-state index contributed by atoms with van der Waals surface area (Å²) >= 11 is 0. The van der Waals surface area contributed by atoms with Crippen LogP contribution in [0.1, 0.15) is 57.6 Å². The minimum absolute atomic E-state index is 0.441. The van der Waals surface area contributed by atoms with Crippen molar-refractivity contribution >= 4 is 0 Å². The molecule has 0 spiro atoms. The summed E-state index contributed by atoms with van der Waals surface area (Å²) in [5, 5.41) is 0. The lowest BCUT2D eigenvalue weighted by Crippen LogP contribution is -2.47. The van der Waals surface area contributed by atoms with Gasteiger partial charge in [-0.25, -0.2) is 0 Å². The Labute approximate surface area is 105 Å². The van der Waals surface area contributed by atoms with Gasteiger partial charge in [0.25, 0.3) is 0 Å². The van der Waals surface area contributed by atoms with E-state index in [2.05, 4.69) is 45.0 Å². The second kappa shape index (κ2) is 3.60. The van der Waals surface area contributed by atoms with Crippen molar-refractivity contribution in [3.63, 3.8) is 0 Å². The van der Waals surface area contributed by atoms with Gasteiger partial charge in [-0.2, -0.15) is 0 Å². The molecule has 0 radical (unpaired) electrons. The van der Waals surface area contributed by atoms with Crippen molar-refractivity contribution in [3.8, 4) is 0 Å². The fourth-order valence-electron chi connectivity index (χ4n) is 4.75. The standard InChI is InChI=1S/C17H24/c1-16(2)11-6-12-17(3)14-8-5-4-7-13(14)9-10-15(16)17/h4-5,7-8,15H,6,9-12H2,1-3H3. The van der Waals surface area contributed by atoms with Crippen molar-refractivity contribution in [1.82, 2.24) is 0 Å². The Bertz CT molecular complexity index is 429. The molecule has 3 rings (SSSR count). The Balaban J connectivity index is 2.11. The van der Waals surface area contributed by atoms with E-state index in [0.717, 1.165) is 5.92 Å². The topological polar surface area (TPSA) is 0 Å². The fourth-order valence-corrected chi connectivity index (χ4v) is 4.75. The molecule has 2 aliphatic carbocycles. The second-order valence-corrected chi connectivity index (χ2v) is 7.01. The summed E-state index contributed by atoms with van der Waals surface area (Å²) in [6.07, 6.45) is 6.88. The minimum Gasteiger partial charge on any atom is -0.0620 e. The van der Waals surface area contributed by atoms with Gasteiger partial charge in [-0.05, 0) is 53.6 Å². The molecule has 2 unspecified atom stereocenters. The molecule has 0 aromatic heterocycles. The highest BCUT2D eigenvalue weighted by Gasteiger charge is 2.49. The van der Waals surface area contributed by atoms with Crippen LogP contribution in [0.3, 0.4) is 0 Å². The molecule has 0 heteroatoms. The molecule has 0 amide bonds. The lowest BCUT2D eigenvalue weighted by Gasteiger charge is -2.54. The predicted octanol–water partition coefficient (Wildman–Crippen LogP) is 4.72. The molecule has 0 aliphatic heterocycles. The van der Waals surface area contributed by atoms with Crippen LogP contribution in [-0.2, 0) is 11.8 Å². The number of fused-ring (bicyclic) bond motifs is 3. The minimum atomic E-state index is 0.441. The molecule has 1 aromatic carbocycles. The van der Waals surface area contributed by atoms with E-state index in [9.17, 15) is 0 Å². The maximum Gasteiger partial charge on any atom is -0.00391 e. The molecule has 0 saturated heterocycles. The van der Waals surface area contributed by atoms with Gasteiger partial charge < -0.3 is 0 Å². The van der Waals surface area contributed by atoms with Crippen LogP contribution in [0.15, 0.2) is 24.3 Å². The zero-order valence-electron chi connectivity index (χ0n) is 11.4. The van der Waals surface area contributed by atoms with E-state index in [-0.39, 0.29) is 0 Å². The van der Waals surface area contributed by atoms with E-state index in [1.165, 1.54) is 32.1 Å². The summed E-state index contributed by atoms with van der Waals surface area (Å²) in [7, 11) is 0. The maximum absolute atomic E-state index is 2.52. The van der Waals surface area contributed by atoms with Gasteiger partial charge in [0, 0.05) is 0 Å². The molecule has 2 aliphatic rings. The number of benzene rings is 1. The summed E-state index contributed by atoms with van der Waals surface area (Å²) in [5.74, 6) is 0.874. The Hall–Kier alpha value is -0.780. The van der Waals surface area contributed by atoms with Crippen molar-refractivity contribution in [2.45, 2.75) is 58.3 Å². The van der Waals surface area contributed by atoms with Crippen LogP contribution in [0.4, 0.5) is 0 Å². The molecule has 0 nitrogen and oxygen atoms in total. The highest BCUT2D eigenvalue weighted by atomic mass is 14.5. The van der Waals surface area contributed by atoms with Gasteiger partial charge in [0.2, 0.25) is 0 Å². The SMILES string of the molecule is CC1(C)CCCC2(C)c3ccccc3CCC12. The van der Waals surface area contributed by atoms with Crippen LogP contribution in [0.5, 0.6) is 0 Å². The zero-order chi connectivity index (χ0) is 12.1. The summed E-state index contributed by atoms with van der Waals surface area (Å²) < 4.78 is 0. The quantitative estimate of drug-likeness (QED) is 0.603. The van der Waals surface area contributed by atoms with Crippen molar-refractivity contribution in [3.05, 3.63) is 35.4 Å². The molecular formula is C17H24. The lowest BCUT2D eigenvalue weighted by molar-refractivity contribution is 0.0407. The first-order valence-electron chi connectivity index (χ1n) is 7.12. The largest absolute Gasteiger partial charge is 0.0620 e. The molecule has 1 fully saturated rings. The van der Waals surface area contributed by atoms with E-state index in [1.807, 2.05) is 0 Å². The molecule has 1 saturated carbocycles. The van der Waals surface area contributed by atoms with Gasteiger partial charge in [0.15, 0.2) is 0 Å². The summed E-state index contributed by atoms with van der Waals surface area (Å²) in [5.41, 5.74) is 4.24. The normalized spacial score (nSPS) is 34.9. The van der Waals surface area contributed by atoms with E-state index in [4.69, 9.17) is 0 Å². The number of hydrogen-bond donors (Lipinski definition) is 0. The third-order valence-electron chi connectivity index (χ3n) is 5.56. The van der Waals surface area contributed by atoms with Gasteiger partial charge in [0.05, 0.1) is 0 Å². The lowest BCUT2D eigenvalue weighted by atomic mass is 9.50. The van der Waals surface area contributed by atoms with Gasteiger partial charge in [-0.3, -0.25) is 0 Å². The zero-order valence-corrected chi connectivity index (χ0v) is 11.4. The van der Waals surface area contributed by atoms with Crippen molar-refractivity contribution in [2.24, 2.45) is 11.3 Å². The highest BCUT2D eigenvalue weighted by molar-refractivity contribution is 5.38. The fraction of sp³-hybridized carbons (Fsp3) is 0.647. The van der Waals surface area contributed by atoms with Crippen LogP contribution in [0, 0.1) is 11.3 Å². The second-order valence-electron chi connectivity index (χ2n) is 7.01. The maximum atomic E-state index is 2.52. The molecule has 2 atom stereocenters. The van der Waals surface area contributed by atoms with E-state index in [0.29, 0.717) is 10.8 Å². The average molecular weight is 228 g/mol. The van der Waals surface area contributed by atoms with Gasteiger partial charge in [-0.15, -0.1) is 0 Å². The molecule has 0 N–H and O–H groups in total. The average Bonchev–Trinajstić information content (AvgIpc) is 2.28. The Kier molecular flexibility index (Phi) is 2.40. The Morgan fingerprint density at radius 2 is 1.82 bits per heavy atom. The van der Waals surface area contributed by atoms with Crippen LogP contribution in [0.25, 0.3) is 0 Å². The molecule has 0 bridgehead atoms. The predicted molar refractivity (Wildman–Crippen MR) is 73.2 cm³/mol. The molecule has 1 aromatic rings. The summed E-state index contributed by atoms with van der Waals surface area (Å²) in [4.78, 5) is 0. The molecule has 0 heterocycles. The number of aryl methyl sites for hydroxylation is 1. The monoisotopic (exact) mass is 228 g/mol. The third-order valence-corrected chi connectivity index (χ3v) is 5.56. The first-order chi connectivity index (χ1) is 8.04. The third kappa shape index (κ3) is 1.57. The molecule has 17 heavy (non-hydrogen) atoms. The Morgan fingerprint density at radius 3 is 2.65 bits per heavy atom. The molecule has 92 valence electrons. The Morgan fingerprint density at radius 1 is 1.06 bits per heavy atom. The van der Waals surface area contributed by atoms with Crippen molar-refractivity contribution in [2.75, 3.05) is 0 Å². The number of rotatable bonds is 0. The van der Waals surface area contributed by atoms with Crippen LogP contribution >= 0.6 is 0 Å². The van der Waals surface area contributed by atoms with Crippen molar-refractivity contribution in [1.29, 1.82) is 0 Å². The summed E-state index contributed by atoms with van der Waals surface area (Å²) in [6.45, 7) is 7.50.